The van der Waals surface area contributed by atoms with Crippen LogP contribution in [0.1, 0.15) is 22.8 Å². The highest BCUT2D eigenvalue weighted by atomic mass is 35.5. The summed E-state index contributed by atoms with van der Waals surface area (Å²) in [6, 6.07) is 18.6. The molecule has 3 rings (SSSR count). The fourth-order valence-electron chi connectivity index (χ4n) is 2.55. The van der Waals surface area contributed by atoms with Gasteiger partial charge in [-0.25, -0.2) is 5.43 Å². The van der Waals surface area contributed by atoms with E-state index in [9.17, 15) is 4.79 Å². The number of benzene rings is 3. The first-order chi connectivity index (χ1) is 12.2. The lowest BCUT2D eigenvalue weighted by Crippen LogP contribution is -2.18. The van der Waals surface area contributed by atoms with Gasteiger partial charge in [-0.3, -0.25) is 4.79 Å². The average molecular weight is 353 g/mol. The Morgan fingerprint density at radius 2 is 1.96 bits per heavy atom. The van der Waals surface area contributed by atoms with Crippen LogP contribution in [0.15, 0.2) is 65.8 Å². The Kier molecular flexibility index (Phi) is 5.31. The highest BCUT2D eigenvalue weighted by Crippen LogP contribution is 2.21. The summed E-state index contributed by atoms with van der Waals surface area (Å²) in [7, 11) is 0. The zero-order valence-electron chi connectivity index (χ0n) is 13.7. The molecule has 0 saturated heterocycles. The van der Waals surface area contributed by atoms with E-state index >= 15 is 0 Å². The van der Waals surface area contributed by atoms with Gasteiger partial charge in [0.2, 0.25) is 0 Å². The Morgan fingerprint density at radius 3 is 2.80 bits per heavy atom. The average Bonchev–Trinajstić information content (AvgIpc) is 2.63. The molecule has 0 bridgehead atoms. The van der Waals surface area contributed by atoms with Crippen LogP contribution in [-0.2, 0) is 0 Å². The van der Waals surface area contributed by atoms with E-state index in [0.29, 0.717) is 28.5 Å². The lowest BCUT2D eigenvalue weighted by molar-refractivity contribution is 0.0957. The first kappa shape index (κ1) is 17.0. The lowest BCUT2D eigenvalue weighted by atomic mass is 10.0. The van der Waals surface area contributed by atoms with Crippen LogP contribution >= 0.6 is 11.6 Å². The number of ether oxygens (including phenoxy) is 1. The summed E-state index contributed by atoms with van der Waals surface area (Å²) >= 11 is 6.02. The van der Waals surface area contributed by atoms with E-state index in [2.05, 4.69) is 10.5 Å². The molecule has 0 radical (unpaired) electrons. The van der Waals surface area contributed by atoms with Gasteiger partial charge in [0.05, 0.1) is 12.8 Å². The normalized spacial score (nSPS) is 11.0. The van der Waals surface area contributed by atoms with E-state index in [1.165, 1.54) is 6.21 Å². The predicted octanol–water partition coefficient (Wildman–Crippen LogP) is 4.66. The summed E-state index contributed by atoms with van der Waals surface area (Å²) < 4.78 is 5.53. The smallest absolute Gasteiger partial charge is 0.271 e. The van der Waals surface area contributed by atoms with Gasteiger partial charge in [0.15, 0.2) is 0 Å². The summed E-state index contributed by atoms with van der Waals surface area (Å²) in [5, 5.41) is 6.51. The maximum absolute atomic E-state index is 12.4. The molecule has 3 aromatic rings. The van der Waals surface area contributed by atoms with E-state index in [0.717, 1.165) is 10.8 Å². The first-order valence-corrected chi connectivity index (χ1v) is 8.30. The summed E-state index contributed by atoms with van der Waals surface area (Å²) in [5.41, 5.74) is 3.84. The number of halogens is 1. The maximum Gasteiger partial charge on any atom is 0.271 e. The molecular formula is C20H17ClN2O2. The van der Waals surface area contributed by atoms with Gasteiger partial charge in [-0.05, 0) is 42.0 Å². The molecule has 0 aliphatic heterocycles. The summed E-state index contributed by atoms with van der Waals surface area (Å²) in [6.07, 6.45) is 1.53. The van der Waals surface area contributed by atoms with Gasteiger partial charge in [-0.1, -0.05) is 48.0 Å². The third-order valence-electron chi connectivity index (χ3n) is 3.68. The molecule has 0 unspecified atom stereocenters. The first-order valence-electron chi connectivity index (χ1n) is 7.92. The Morgan fingerprint density at radius 1 is 1.16 bits per heavy atom. The number of fused-ring (bicyclic) bond motifs is 1. The molecule has 3 aromatic carbocycles. The Balaban J connectivity index is 1.80. The number of carbonyl (C=O) groups is 1. The van der Waals surface area contributed by atoms with Crippen molar-refractivity contribution >= 4 is 34.5 Å². The van der Waals surface area contributed by atoms with Gasteiger partial charge in [-0.2, -0.15) is 5.10 Å². The van der Waals surface area contributed by atoms with Crippen molar-refractivity contribution in [2.24, 2.45) is 5.10 Å². The zero-order chi connectivity index (χ0) is 17.6. The molecule has 1 N–H and O–H groups in total. The Bertz CT molecular complexity index is 933. The number of nitrogens with zero attached hydrogens (tertiary/aromatic N) is 1. The van der Waals surface area contributed by atoms with Crippen molar-refractivity contribution in [1.29, 1.82) is 0 Å². The van der Waals surface area contributed by atoms with E-state index in [4.69, 9.17) is 16.3 Å². The van der Waals surface area contributed by atoms with Gasteiger partial charge in [0.25, 0.3) is 5.91 Å². The fraction of sp³-hybridized carbons (Fsp3) is 0.100. The zero-order valence-corrected chi connectivity index (χ0v) is 14.5. The number of hydrogen-bond donors (Lipinski definition) is 1. The monoisotopic (exact) mass is 352 g/mol. The van der Waals surface area contributed by atoms with Crippen LogP contribution in [0, 0.1) is 0 Å². The van der Waals surface area contributed by atoms with E-state index in [1.807, 2.05) is 43.3 Å². The van der Waals surface area contributed by atoms with E-state index in [1.54, 1.807) is 24.3 Å². The lowest BCUT2D eigenvalue weighted by Gasteiger charge is -2.07. The van der Waals surface area contributed by atoms with Crippen molar-refractivity contribution in [3.63, 3.8) is 0 Å². The minimum Gasteiger partial charge on any atom is -0.493 e. The standard InChI is InChI=1S/C20H17ClN2O2/c1-2-25-19-11-10-16(21)12-15(19)13-22-23-20(24)18-9-5-7-14-6-3-4-8-17(14)18/h3-13H,2H2,1H3,(H,23,24)/b22-13-. The van der Waals surface area contributed by atoms with Crippen molar-refractivity contribution in [2.75, 3.05) is 6.61 Å². The molecular weight excluding hydrogens is 336 g/mol. The predicted molar refractivity (Wildman–Crippen MR) is 102 cm³/mol. The minimum atomic E-state index is -0.270. The van der Waals surface area contributed by atoms with Crippen molar-refractivity contribution in [2.45, 2.75) is 6.92 Å². The third kappa shape index (κ3) is 3.98. The third-order valence-corrected chi connectivity index (χ3v) is 3.91. The van der Waals surface area contributed by atoms with Crippen LogP contribution in [-0.4, -0.2) is 18.7 Å². The largest absolute Gasteiger partial charge is 0.493 e. The highest BCUT2D eigenvalue weighted by molar-refractivity contribution is 6.30. The van der Waals surface area contributed by atoms with Crippen molar-refractivity contribution in [3.8, 4) is 5.75 Å². The number of amides is 1. The Hall–Kier alpha value is -2.85. The summed E-state index contributed by atoms with van der Waals surface area (Å²) in [6.45, 7) is 2.43. The molecule has 25 heavy (non-hydrogen) atoms. The highest BCUT2D eigenvalue weighted by Gasteiger charge is 2.08. The number of hydrazone groups is 1. The second kappa shape index (κ2) is 7.81. The van der Waals surface area contributed by atoms with Crippen LogP contribution in [0.2, 0.25) is 5.02 Å². The van der Waals surface area contributed by atoms with Crippen LogP contribution in [0.5, 0.6) is 5.75 Å². The van der Waals surface area contributed by atoms with Crippen LogP contribution in [0.25, 0.3) is 10.8 Å². The number of carbonyl (C=O) groups excluding carboxylic acids is 1. The summed E-state index contributed by atoms with van der Waals surface area (Å²) in [5.74, 6) is 0.392. The number of hydrogen-bond acceptors (Lipinski definition) is 3. The Labute approximate surface area is 151 Å². The van der Waals surface area contributed by atoms with Crippen LogP contribution in [0.4, 0.5) is 0 Å². The second-order valence-corrected chi connectivity index (χ2v) is 5.78. The fourth-order valence-corrected chi connectivity index (χ4v) is 2.73. The van der Waals surface area contributed by atoms with Crippen LogP contribution in [0.3, 0.4) is 0 Å². The van der Waals surface area contributed by atoms with Gasteiger partial charge in [0.1, 0.15) is 5.75 Å². The van der Waals surface area contributed by atoms with Crippen molar-refractivity contribution in [3.05, 3.63) is 76.8 Å². The SMILES string of the molecule is CCOc1ccc(Cl)cc1/C=N\NC(=O)c1cccc2ccccc12. The van der Waals surface area contributed by atoms with Crippen LogP contribution < -0.4 is 10.2 Å². The molecule has 4 nitrogen and oxygen atoms in total. The maximum atomic E-state index is 12.4. The topological polar surface area (TPSA) is 50.7 Å². The van der Waals surface area contributed by atoms with Gasteiger partial charge >= 0.3 is 0 Å². The van der Waals surface area contributed by atoms with Crippen molar-refractivity contribution < 1.29 is 9.53 Å². The van der Waals surface area contributed by atoms with Crippen molar-refractivity contribution in [1.82, 2.24) is 5.43 Å². The molecule has 0 heterocycles. The van der Waals surface area contributed by atoms with Gasteiger partial charge in [-0.15, -0.1) is 0 Å². The molecule has 126 valence electrons. The molecule has 0 spiro atoms. The molecule has 0 atom stereocenters. The van der Waals surface area contributed by atoms with E-state index < -0.39 is 0 Å². The second-order valence-electron chi connectivity index (χ2n) is 5.34. The van der Waals surface area contributed by atoms with Gasteiger partial charge < -0.3 is 4.74 Å². The molecule has 0 fully saturated rings. The number of nitrogens with one attached hydrogen (secondary N) is 1. The molecule has 1 amide bonds. The minimum absolute atomic E-state index is 0.270. The molecule has 5 heteroatoms. The number of rotatable bonds is 5. The summed E-state index contributed by atoms with van der Waals surface area (Å²) in [4.78, 5) is 12.4. The molecule has 0 aliphatic rings. The molecule has 0 aromatic heterocycles. The molecule has 0 aliphatic carbocycles. The molecule has 0 saturated carbocycles. The van der Waals surface area contributed by atoms with Gasteiger partial charge in [0, 0.05) is 16.1 Å². The van der Waals surface area contributed by atoms with E-state index in [-0.39, 0.29) is 5.91 Å². The quantitative estimate of drug-likeness (QED) is 0.536.